The monoisotopic (exact) mass is 330 g/mol. The van der Waals surface area contributed by atoms with Crippen molar-refractivity contribution in [2.75, 3.05) is 0 Å². The Bertz CT molecular complexity index is 597. The summed E-state index contributed by atoms with van der Waals surface area (Å²) in [5.41, 5.74) is 0.528. The van der Waals surface area contributed by atoms with Gasteiger partial charge in [0.25, 0.3) is 0 Å². The molecule has 0 aromatic heterocycles. The first kappa shape index (κ1) is 16.6. The van der Waals surface area contributed by atoms with Crippen molar-refractivity contribution in [1.29, 1.82) is 0 Å². The lowest BCUT2D eigenvalue weighted by Gasteiger charge is -2.37. The second kappa shape index (κ2) is 5.31. The van der Waals surface area contributed by atoms with E-state index in [-0.39, 0.29) is 30.5 Å². The van der Waals surface area contributed by atoms with Crippen molar-refractivity contribution in [2.24, 2.45) is 0 Å². The second-order valence-electron chi connectivity index (χ2n) is 8.61. The van der Waals surface area contributed by atoms with Crippen LogP contribution in [0.15, 0.2) is 24.3 Å². The average molecular weight is 330 g/mol. The molecular weight excluding hydrogens is 303 g/mol. The van der Waals surface area contributed by atoms with E-state index >= 15 is 0 Å². The lowest BCUT2D eigenvalue weighted by Crippen LogP contribution is -2.41. The highest BCUT2D eigenvalue weighted by atomic mass is 16.7. The van der Waals surface area contributed by atoms with Gasteiger partial charge in [0.15, 0.2) is 0 Å². The van der Waals surface area contributed by atoms with Gasteiger partial charge in [-0.05, 0) is 51.6 Å². The molecule has 5 heteroatoms. The van der Waals surface area contributed by atoms with Crippen LogP contribution < -0.4 is 5.46 Å². The molecule has 2 bridgehead atoms. The molecule has 1 N–H and O–H groups in total. The van der Waals surface area contributed by atoms with Crippen LogP contribution in [-0.4, -0.2) is 35.6 Å². The van der Waals surface area contributed by atoms with Gasteiger partial charge in [-0.15, -0.1) is 0 Å². The van der Waals surface area contributed by atoms with Crippen molar-refractivity contribution < 1.29 is 19.2 Å². The molecule has 24 heavy (non-hydrogen) atoms. The molecule has 3 heterocycles. The fourth-order valence-corrected chi connectivity index (χ4v) is 4.08. The predicted octanol–water partition coefficient (Wildman–Crippen LogP) is 2.51. The Morgan fingerprint density at radius 1 is 0.917 bits per heavy atom. The third kappa shape index (κ3) is 2.62. The Morgan fingerprint density at radius 2 is 1.42 bits per heavy atom. The number of hydrogen-bond acceptors (Lipinski definition) is 4. The lowest BCUT2D eigenvalue weighted by molar-refractivity contribution is -0.115. The van der Waals surface area contributed by atoms with Gasteiger partial charge in [-0.2, -0.15) is 0 Å². The van der Waals surface area contributed by atoms with Crippen molar-refractivity contribution in [1.82, 2.24) is 0 Å². The molecule has 0 amide bonds. The largest absolute Gasteiger partial charge is 0.494 e. The first-order valence-electron chi connectivity index (χ1n) is 9.02. The highest BCUT2D eigenvalue weighted by Crippen LogP contribution is 2.44. The Morgan fingerprint density at radius 3 is 1.92 bits per heavy atom. The van der Waals surface area contributed by atoms with Crippen molar-refractivity contribution in [2.45, 2.75) is 82.4 Å². The van der Waals surface area contributed by atoms with Crippen LogP contribution in [0.25, 0.3) is 0 Å². The third-order valence-corrected chi connectivity index (χ3v) is 6.30. The minimum absolute atomic E-state index is 0.205. The first-order chi connectivity index (χ1) is 11.2. The van der Waals surface area contributed by atoms with Crippen LogP contribution in [0.4, 0.5) is 0 Å². The maximum Gasteiger partial charge on any atom is 0.494 e. The minimum Gasteiger partial charge on any atom is -0.399 e. The summed E-state index contributed by atoms with van der Waals surface area (Å²) in [6, 6.07) is 8.08. The van der Waals surface area contributed by atoms with Crippen molar-refractivity contribution >= 4 is 12.6 Å². The quantitative estimate of drug-likeness (QED) is 0.847. The third-order valence-electron chi connectivity index (χ3n) is 6.30. The van der Waals surface area contributed by atoms with E-state index in [2.05, 4.69) is 27.7 Å². The molecule has 0 aliphatic carbocycles. The van der Waals surface area contributed by atoms with Gasteiger partial charge in [-0.1, -0.05) is 24.3 Å². The number of rotatable bonds is 2. The van der Waals surface area contributed by atoms with E-state index in [1.807, 2.05) is 24.3 Å². The van der Waals surface area contributed by atoms with Crippen LogP contribution in [0.3, 0.4) is 0 Å². The van der Waals surface area contributed by atoms with Gasteiger partial charge < -0.3 is 19.2 Å². The van der Waals surface area contributed by atoms with Crippen LogP contribution in [0.1, 0.15) is 58.9 Å². The summed E-state index contributed by atoms with van der Waals surface area (Å²) in [5, 5.41) is 11.1. The zero-order valence-electron chi connectivity index (χ0n) is 15.0. The lowest BCUT2D eigenvalue weighted by atomic mass is 9.76. The van der Waals surface area contributed by atoms with Gasteiger partial charge in [0.05, 0.1) is 29.0 Å². The SMILES string of the molecule is CC1(C)OB(c2ccc(C3(O)CC4CCC(C3)O4)cc2)OC1(C)C. The maximum absolute atomic E-state index is 11.1. The first-order valence-corrected chi connectivity index (χ1v) is 9.02. The molecule has 3 saturated heterocycles. The van der Waals surface area contributed by atoms with Gasteiger partial charge in [-0.3, -0.25) is 0 Å². The van der Waals surface area contributed by atoms with E-state index < -0.39 is 5.60 Å². The normalized spacial score (nSPS) is 37.0. The fourth-order valence-electron chi connectivity index (χ4n) is 4.08. The molecule has 0 saturated carbocycles. The Hall–Kier alpha value is -0.875. The van der Waals surface area contributed by atoms with E-state index in [0.717, 1.165) is 23.9 Å². The molecule has 1 aromatic rings. The zero-order valence-corrected chi connectivity index (χ0v) is 15.0. The molecule has 0 spiro atoms. The molecule has 2 atom stereocenters. The van der Waals surface area contributed by atoms with E-state index in [0.29, 0.717) is 12.8 Å². The highest BCUT2D eigenvalue weighted by Gasteiger charge is 2.52. The maximum atomic E-state index is 11.1. The molecule has 0 radical (unpaired) electrons. The van der Waals surface area contributed by atoms with E-state index in [1.54, 1.807) is 0 Å². The summed E-state index contributed by atoms with van der Waals surface area (Å²) >= 11 is 0. The molecule has 4 nitrogen and oxygen atoms in total. The summed E-state index contributed by atoms with van der Waals surface area (Å²) in [6.07, 6.45) is 3.93. The van der Waals surface area contributed by atoms with Gasteiger partial charge >= 0.3 is 7.12 Å². The Labute approximate surface area is 144 Å². The summed E-state index contributed by atoms with van der Waals surface area (Å²) in [7, 11) is -0.357. The van der Waals surface area contributed by atoms with Gasteiger partial charge in [-0.25, -0.2) is 0 Å². The molecule has 4 rings (SSSR count). The molecule has 1 aromatic carbocycles. The Balaban J connectivity index is 1.54. The van der Waals surface area contributed by atoms with Gasteiger partial charge in [0, 0.05) is 12.8 Å². The molecule has 130 valence electrons. The minimum atomic E-state index is -0.765. The van der Waals surface area contributed by atoms with Crippen LogP contribution in [0, 0.1) is 0 Å². The van der Waals surface area contributed by atoms with E-state index in [1.165, 1.54) is 0 Å². The van der Waals surface area contributed by atoms with Crippen molar-refractivity contribution in [3.63, 3.8) is 0 Å². The summed E-state index contributed by atoms with van der Waals surface area (Å²) in [5.74, 6) is 0. The average Bonchev–Trinajstić information content (AvgIpc) is 2.95. The zero-order chi connectivity index (χ0) is 17.2. The molecule has 3 aliphatic rings. The standard InChI is InChI=1S/C19H27BO4/c1-17(2)18(3,4)24-20(23-17)14-7-5-13(6-8-14)19(21)11-15-9-10-16(12-19)22-15/h5-8,15-16,21H,9-12H2,1-4H3. The van der Waals surface area contributed by atoms with Crippen molar-refractivity contribution in [3.05, 3.63) is 29.8 Å². The summed E-state index contributed by atoms with van der Waals surface area (Å²) in [4.78, 5) is 0. The molecule has 2 unspecified atom stereocenters. The predicted molar refractivity (Wildman–Crippen MR) is 93.2 cm³/mol. The van der Waals surface area contributed by atoms with E-state index in [4.69, 9.17) is 14.0 Å². The number of ether oxygens (including phenoxy) is 1. The summed E-state index contributed by atoms with van der Waals surface area (Å²) < 4.78 is 18.1. The number of benzene rings is 1. The van der Waals surface area contributed by atoms with Crippen LogP contribution in [0.2, 0.25) is 0 Å². The topological polar surface area (TPSA) is 47.9 Å². The second-order valence-corrected chi connectivity index (χ2v) is 8.61. The molecule has 3 fully saturated rings. The molecular formula is C19H27BO4. The fraction of sp³-hybridized carbons (Fsp3) is 0.684. The summed E-state index contributed by atoms with van der Waals surface area (Å²) in [6.45, 7) is 8.23. The Kier molecular flexibility index (Phi) is 3.67. The number of hydrogen-bond donors (Lipinski definition) is 1. The highest BCUT2D eigenvalue weighted by molar-refractivity contribution is 6.62. The smallest absolute Gasteiger partial charge is 0.399 e. The van der Waals surface area contributed by atoms with Crippen molar-refractivity contribution in [3.8, 4) is 0 Å². The van der Waals surface area contributed by atoms with Crippen LogP contribution in [-0.2, 0) is 19.6 Å². The van der Waals surface area contributed by atoms with Crippen LogP contribution in [0.5, 0.6) is 0 Å². The number of fused-ring (bicyclic) bond motifs is 2. The van der Waals surface area contributed by atoms with Crippen LogP contribution >= 0.6 is 0 Å². The van der Waals surface area contributed by atoms with E-state index in [9.17, 15) is 5.11 Å². The van der Waals surface area contributed by atoms with Gasteiger partial charge in [0.2, 0.25) is 0 Å². The van der Waals surface area contributed by atoms with Gasteiger partial charge in [0.1, 0.15) is 0 Å². The molecule has 3 aliphatic heterocycles. The number of aliphatic hydroxyl groups is 1.